The molecule has 0 spiro atoms. The first kappa shape index (κ1) is 14.3. The van der Waals surface area contributed by atoms with Gasteiger partial charge in [0.15, 0.2) is 0 Å². The van der Waals surface area contributed by atoms with Gasteiger partial charge in [0.25, 0.3) is 5.22 Å². The average Bonchev–Trinajstić information content (AvgIpc) is 2.72. The van der Waals surface area contributed by atoms with Gasteiger partial charge in [0.05, 0.1) is 8.07 Å². The van der Waals surface area contributed by atoms with Crippen LogP contribution in [0.1, 0.15) is 11.1 Å². The largest absolute Gasteiger partial charge is 0.411 e. The first-order valence-electron chi connectivity index (χ1n) is 6.38. The van der Waals surface area contributed by atoms with Crippen molar-refractivity contribution < 1.29 is 4.42 Å². The van der Waals surface area contributed by atoms with Crippen molar-refractivity contribution in [1.29, 1.82) is 0 Å². The van der Waals surface area contributed by atoms with Crippen molar-refractivity contribution in [2.75, 3.05) is 5.38 Å². The van der Waals surface area contributed by atoms with Crippen molar-refractivity contribution in [3.05, 3.63) is 29.3 Å². The molecule has 1 aromatic heterocycles. The maximum atomic E-state index is 5.74. The average molecular weight is 292 g/mol. The van der Waals surface area contributed by atoms with Crippen molar-refractivity contribution in [2.45, 2.75) is 38.7 Å². The van der Waals surface area contributed by atoms with Gasteiger partial charge in [0, 0.05) is 5.56 Å². The molecule has 0 saturated carbocycles. The zero-order valence-electron chi connectivity index (χ0n) is 12.2. The first-order chi connectivity index (χ1) is 8.83. The maximum absolute atomic E-state index is 5.74. The summed E-state index contributed by atoms with van der Waals surface area (Å²) in [6.07, 6.45) is 0. The minimum absolute atomic E-state index is 0.616. The van der Waals surface area contributed by atoms with Crippen molar-refractivity contribution in [3.8, 4) is 11.5 Å². The summed E-state index contributed by atoms with van der Waals surface area (Å²) in [6.45, 7) is 11.2. The lowest BCUT2D eigenvalue weighted by molar-refractivity contribution is 0.466. The number of nitrogens with zero attached hydrogens (tertiary/aromatic N) is 2. The minimum Gasteiger partial charge on any atom is -0.411 e. The summed E-state index contributed by atoms with van der Waals surface area (Å²) in [6, 6.07) is 6.29. The predicted molar refractivity (Wildman–Crippen MR) is 83.3 cm³/mol. The molecule has 1 heterocycles. The lowest BCUT2D eigenvalue weighted by Crippen LogP contribution is -2.23. The maximum Gasteiger partial charge on any atom is 0.276 e. The molecular formula is C14H20N2OSSi. The molecule has 0 aliphatic carbocycles. The molecule has 0 aliphatic heterocycles. The third kappa shape index (κ3) is 4.21. The highest BCUT2D eigenvalue weighted by Crippen LogP contribution is 2.26. The molecule has 0 saturated heterocycles. The van der Waals surface area contributed by atoms with Crippen LogP contribution in [0.5, 0.6) is 0 Å². The molecule has 0 fully saturated rings. The number of rotatable bonds is 4. The number of aromatic nitrogens is 2. The van der Waals surface area contributed by atoms with Crippen molar-refractivity contribution in [2.24, 2.45) is 0 Å². The van der Waals surface area contributed by atoms with Crippen LogP contribution in [0.2, 0.25) is 19.6 Å². The summed E-state index contributed by atoms with van der Waals surface area (Å²) in [4.78, 5) is 0. The van der Waals surface area contributed by atoms with Crippen LogP contribution >= 0.6 is 11.8 Å². The van der Waals surface area contributed by atoms with Crippen LogP contribution in [0, 0.1) is 13.8 Å². The van der Waals surface area contributed by atoms with Crippen molar-refractivity contribution in [3.63, 3.8) is 0 Å². The van der Waals surface area contributed by atoms with E-state index >= 15 is 0 Å². The number of aryl methyl sites for hydroxylation is 2. The Kier molecular flexibility index (Phi) is 4.15. The molecule has 5 heteroatoms. The van der Waals surface area contributed by atoms with Crippen LogP contribution in [0.25, 0.3) is 11.5 Å². The molecule has 0 atom stereocenters. The van der Waals surface area contributed by atoms with Gasteiger partial charge in [-0.05, 0) is 31.4 Å². The second-order valence-corrected chi connectivity index (χ2v) is 13.0. The van der Waals surface area contributed by atoms with E-state index < -0.39 is 8.07 Å². The van der Waals surface area contributed by atoms with Crippen LogP contribution in [0.4, 0.5) is 0 Å². The van der Waals surface area contributed by atoms with E-state index in [4.69, 9.17) is 4.42 Å². The smallest absolute Gasteiger partial charge is 0.276 e. The highest BCUT2D eigenvalue weighted by Gasteiger charge is 2.16. The van der Waals surface area contributed by atoms with E-state index in [1.165, 1.54) is 11.1 Å². The lowest BCUT2D eigenvalue weighted by Gasteiger charge is -2.12. The quantitative estimate of drug-likeness (QED) is 0.621. The zero-order valence-corrected chi connectivity index (χ0v) is 14.0. The normalized spacial score (nSPS) is 11.8. The Morgan fingerprint density at radius 1 is 1.05 bits per heavy atom. The fourth-order valence-corrected chi connectivity index (χ4v) is 4.22. The third-order valence-electron chi connectivity index (χ3n) is 2.50. The molecule has 102 valence electrons. The Morgan fingerprint density at radius 2 is 1.68 bits per heavy atom. The summed E-state index contributed by atoms with van der Waals surface area (Å²) in [7, 11) is -1.09. The molecule has 2 aromatic rings. The highest BCUT2D eigenvalue weighted by atomic mass is 32.2. The van der Waals surface area contributed by atoms with Crippen LogP contribution in [0.3, 0.4) is 0 Å². The van der Waals surface area contributed by atoms with Crippen LogP contribution in [-0.2, 0) is 0 Å². The van der Waals surface area contributed by atoms with Crippen LogP contribution in [-0.4, -0.2) is 23.6 Å². The van der Waals surface area contributed by atoms with Gasteiger partial charge in [0.1, 0.15) is 0 Å². The predicted octanol–water partition coefficient (Wildman–Crippen LogP) is 4.32. The fraction of sp³-hybridized carbons (Fsp3) is 0.429. The Labute approximate surface area is 119 Å². The van der Waals surface area contributed by atoms with Gasteiger partial charge in [-0.3, -0.25) is 0 Å². The monoisotopic (exact) mass is 292 g/mol. The molecule has 1 aromatic carbocycles. The molecule has 0 radical (unpaired) electrons. The minimum atomic E-state index is -1.09. The molecule has 0 amide bonds. The molecule has 0 unspecified atom stereocenters. The van der Waals surface area contributed by atoms with E-state index in [9.17, 15) is 0 Å². The number of benzene rings is 1. The Balaban J connectivity index is 2.16. The van der Waals surface area contributed by atoms with Gasteiger partial charge in [-0.2, -0.15) is 0 Å². The Hall–Kier alpha value is -1.07. The third-order valence-corrected chi connectivity index (χ3v) is 6.96. The second-order valence-electron chi connectivity index (χ2n) is 6.10. The van der Waals surface area contributed by atoms with Gasteiger partial charge in [-0.1, -0.05) is 48.6 Å². The molecule has 19 heavy (non-hydrogen) atoms. The second kappa shape index (κ2) is 5.51. The van der Waals surface area contributed by atoms with E-state index in [1.807, 2.05) is 0 Å². The topological polar surface area (TPSA) is 38.9 Å². The molecule has 0 aliphatic rings. The molecule has 3 nitrogen and oxygen atoms in total. The zero-order chi connectivity index (χ0) is 14.0. The van der Waals surface area contributed by atoms with Gasteiger partial charge < -0.3 is 4.42 Å². The number of hydrogen-bond donors (Lipinski definition) is 0. The number of thioether (sulfide) groups is 1. The van der Waals surface area contributed by atoms with Crippen molar-refractivity contribution in [1.82, 2.24) is 10.2 Å². The standard InChI is InChI=1S/C14H20N2OSSi/c1-10-6-11(2)8-12(7-10)13-15-16-14(17-13)18-9-19(3,4)5/h6-8H,9H2,1-5H3. The van der Waals surface area contributed by atoms with Crippen LogP contribution in [0.15, 0.2) is 27.8 Å². The Morgan fingerprint density at radius 3 is 2.26 bits per heavy atom. The SMILES string of the molecule is Cc1cc(C)cc(-c2nnc(SC[Si](C)(C)C)o2)c1. The summed E-state index contributed by atoms with van der Waals surface area (Å²) < 4.78 is 5.74. The van der Waals surface area contributed by atoms with Gasteiger partial charge in [0.2, 0.25) is 5.89 Å². The molecule has 0 bridgehead atoms. The first-order valence-corrected chi connectivity index (χ1v) is 11.1. The van der Waals surface area contributed by atoms with Gasteiger partial charge in [-0.15, -0.1) is 10.2 Å². The summed E-state index contributed by atoms with van der Waals surface area (Å²) >= 11 is 1.67. The molecule has 2 rings (SSSR count). The van der Waals surface area contributed by atoms with Crippen molar-refractivity contribution >= 4 is 19.8 Å². The number of hydrogen-bond acceptors (Lipinski definition) is 4. The van der Waals surface area contributed by atoms with Gasteiger partial charge in [-0.25, -0.2) is 0 Å². The summed E-state index contributed by atoms with van der Waals surface area (Å²) in [5.41, 5.74) is 3.43. The van der Waals surface area contributed by atoms with E-state index in [0.29, 0.717) is 11.1 Å². The Bertz CT molecular complexity index is 555. The van der Waals surface area contributed by atoms with E-state index in [2.05, 4.69) is 61.9 Å². The summed E-state index contributed by atoms with van der Waals surface area (Å²) in [5, 5.41) is 10.0. The molecule has 0 N–H and O–H groups in total. The van der Waals surface area contributed by atoms with E-state index in [1.54, 1.807) is 11.8 Å². The van der Waals surface area contributed by atoms with E-state index in [0.717, 1.165) is 10.9 Å². The van der Waals surface area contributed by atoms with E-state index in [-0.39, 0.29) is 0 Å². The summed E-state index contributed by atoms with van der Waals surface area (Å²) in [5.74, 6) is 0.616. The lowest BCUT2D eigenvalue weighted by atomic mass is 10.1. The molecular weight excluding hydrogens is 272 g/mol. The van der Waals surface area contributed by atoms with Gasteiger partial charge >= 0.3 is 0 Å². The highest BCUT2D eigenvalue weighted by molar-refractivity contribution is 8.00. The van der Waals surface area contributed by atoms with Crippen LogP contribution < -0.4 is 0 Å². The fourth-order valence-electron chi connectivity index (χ4n) is 1.76.